The molecule has 0 atom stereocenters. The van der Waals surface area contributed by atoms with Crippen LogP contribution in [0.1, 0.15) is 30.1 Å². The van der Waals surface area contributed by atoms with Crippen molar-refractivity contribution in [2.45, 2.75) is 19.8 Å². The summed E-state index contributed by atoms with van der Waals surface area (Å²) in [5.74, 6) is -1.91. The van der Waals surface area contributed by atoms with Gasteiger partial charge in [-0.15, -0.1) is 0 Å². The van der Waals surface area contributed by atoms with Gasteiger partial charge in [-0.1, -0.05) is 24.9 Å². The number of halogens is 1. The van der Waals surface area contributed by atoms with E-state index in [0.717, 1.165) is 18.9 Å². The van der Waals surface area contributed by atoms with Crippen LogP contribution in [0.5, 0.6) is 5.75 Å². The number of carbonyl (C=O) groups is 2. The van der Waals surface area contributed by atoms with Crippen molar-refractivity contribution in [1.29, 1.82) is 0 Å². The number of carbonyl (C=O) groups excluding carboxylic acids is 1. The Balaban J connectivity index is 2.77. The maximum Gasteiger partial charge on any atom is 0.411 e. The van der Waals surface area contributed by atoms with E-state index in [1.54, 1.807) is 0 Å². The number of aromatic carboxylic acids is 1. The standard InChI is InChI=1S/C12H14ClNO5/c1-2-3-6-19-12(18)14-8-5-4-7(11(16)17)10(15)9(8)13/h4-5,15H,2-3,6H2,1H3,(H,14,18)(H,16,17). The Labute approximate surface area is 114 Å². The highest BCUT2D eigenvalue weighted by molar-refractivity contribution is 6.35. The van der Waals surface area contributed by atoms with Crippen molar-refractivity contribution in [2.75, 3.05) is 11.9 Å². The topological polar surface area (TPSA) is 95.9 Å². The van der Waals surface area contributed by atoms with Crippen molar-refractivity contribution in [2.24, 2.45) is 0 Å². The summed E-state index contributed by atoms with van der Waals surface area (Å²) in [5.41, 5.74) is -0.249. The van der Waals surface area contributed by atoms with E-state index in [1.807, 2.05) is 6.92 Å². The maximum atomic E-state index is 11.4. The summed E-state index contributed by atoms with van der Waals surface area (Å²) in [4.78, 5) is 22.1. The zero-order chi connectivity index (χ0) is 14.4. The smallest absolute Gasteiger partial charge is 0.411 e. The predicted molar refractivity (Wildman–Crippen MR) is 70.0 cm³/mol. The SMILES string of the molecule is CCCCOC(=O)Nc1ccc(C(=O)O)c(O)c1Cl. The summed E-state index contributed by atoms with van der Waals surface area (Å²) in [6.07, 6.45) is 0.921. The maximum absolute atomic E-state index is 11.4. The van der Waals surface area contributed by atoms with Crippen molar-refractivity contribution in [3.05, 3.63) is 22.7 Å². The van der Waals surface area contributed by atoms with Crippen LogP contribution in [0.25, 0.3) is 0 Å². The fourth-order valence-corrected chi connectivity index (χ4v) is 1.50. The number of ether oxygens (including phenoxy) is 1. The Morgan fingerprint density at radius 1 is 1.42 bits per heavy atom. The van der Waals surface area contributed by atoms with Gasteiger partial charge in [0.2, 0.25) is 0 Å². The molecule has 0 aliphatic carbocycles. The van der Waals surface area contributed by atoms with Crippen LogP contribution in [0.2, 0.25) is 5.02 Å². The Morgan fingerprint density at radius 2 is 2.11 bits per heavy atom. The normalized spacial score (nSPS) is 10.0. The second-order valence-electron chi connectivity index (χ2n) is 3.74. The van der Waals surface area contributed by atoms with E-state index in [1.165, 1.54) is 6.07 Å². The summed E-state index contributed by atoms with van der Waals surface area (Å²) in [5, 5.41) is 20.4. The third-order valence-corrected chi connectivity index (χ3v) is 2.70. The predicted octanol–water partition coefficient (Wildman–Crippen LogP) is 3.09. The number of aromatic hydroxyl groups is 1. The molecule has 0 bridgehead atoms. The fraction of sp³-hybridized carbons (Fsp3) is 0.333. The van der Waals surface area contributed by atoms with Crippen LogP contribution >= 0.6 is 11.6 Å². The quantitative estimate of drug-likeness (QED) is 0.723. The molecule has 0 saturated heterocycles. The third-order valence-electron chi connectivity index (χ3n) is 2.31. The van der Waals surface area contributed by atoms with Crippen LogP contribution in [-0.4, -0.2) is 28.9 Å². The van der Waals surface area contributed by atoms with Gasteiger partial charge in [-0.3, -0.25) is 5.32 Å². The lowest BCUT2D eigenvalue weighted by Crippen LogP contribution is -2.14. The zero-order valence-corrected chi connectivity index (χ0v) is 11.0. The van der Waals surface area contributed by atoms with E-state index in [4.69, 9.17) is 21.4 Å². The highest BCUT2D eigenvalue weighted by Crippen LogP contribution is 2.34. The average molecular weight is 288 g/mol. The Hall–Kier alpha value is -1.95. The number of carboxylic acids is 1. The van der Waals surface area contributed by atoms with Crippen molar-refractivity contribution in [3.8, 4) is 5.75 Å². The highest BCUT2D eigenvalue weighted by Gasteiger charge is 2.17. The number of benzene rings is 1. The van der Waals surface area contributed by atoms with E-state index in [-0.39, 0.29) is 22.9 Å². The molecule has 19 heavy (non-hydrogen) atoms. The van der Waals surface area contributed by atoms with Crippen molar-refractivity contribution < 1.29 is 24.5 Å². The van der Waals surface area contributed by atoms with E-state index < -0.39 is 17.8 Å². The van der Waals surface area contributed by atoms with Crippen LogP contribution in [-0.2, 0) is 4.74 Å². The molecular formula is C12H14ClNO5. The van der Waals surface area contributed by atoms with E-state index in [2.05, 4.69) is 5.32 Å². The average Bonchev–Trinajstić information content (AvgIpc) is 2.35. The largest absolute Gasteiger partial charge is 0.505 e. The van der Waals surface area contributed by atoms with Crippen LogP contribution in [0.3, 0.4) is 0 Å². The van der Waals surface area contributed by atoms with Gasteiger partial charge in [0, 0.05) is 0 Å². The number of phenols is 1. The van der Waals surface area contributed by atoms with Gasteiger partial charge in [0.1, 0.15) is 10.6 Å². The van der Waals surface area contributed by atoms with Crippen LogP contribution in [0.15, 0.2) is 12.1 Å². The lowest BCUT2D eigenvalue weighted by atomic mass is 10.2. The molecular weight excluding hydrogens is 274 g/mol. The van der Waals surface area contributed by atoms with Crippen molar-refractivity contribution >= 4 is 29.4 Å². The van der Waals surface area contributed by atoms with Gasteiger partial charge in [0.25, 0.3) is 0 Å². The minimum atomic E-state index is -1.31. The summed E-state index contributed by atoms with van der Waals surface area (Å²) < 4.78 is 4.85. The molecule has 0 saturated carbocycles. The molecule has 0 aliphatic heterocycles. The molecule has 6 nitrogen and oxygen atoms in total. The molecule has 0 unspecified atom stereocenters. The Morgan fingerprint density at radius 3 is 2.68 bits per heavy atom. The number of nitrogens with one attached hydrogen (secondary N) is 1. The van der Waals surface area contributed by atoms with Gasteiger partial charge in [-0.2, -0.15) is 0 Å². The molecule has 1 aromatic rings. The van der Waals surface area contributed by atoms with Gasteiger partial charge in [-0.25, -0.2) is 9.59 Å². The van der Waals surface area contributed by atoms with Crippen LogP contribution in [0, 0.1) is 0 Å². The number of amides is 1. The van der Waals surface area contributed by atoms with Gasteiger partial charge >= 0.3 is 12.1 Å². The Bertz CT molecular complexity index is 489. The molecule has 0 heterocycles. The first-order chi connectivity index (χ1) is 8.97. The number of anilines is 1. The molecule has 1 aromatic carbocycles. The van der Waals surface area contributed by atoms with Crippen molar-refractivity contribution in [1.82, 2.24) is 0 Å². The molecule has 0 aromatic heterocycles. The lowest BCUT2D eigenvalue weighted by Gasteiger charge is -2.10. The van der Waals surface area contributed by atoms with E-state index in [9.17, 15) is 14.7 Å². The molecule has 1 amide bonds. The number of carboxylic acid groups (broad SMARTS) is 1. The molecule has 0 fully saturated rings. The summed E-state index contributed by atoms with van der Waals surface area (Å²) >= 11 is 5.76. The third kappa shape index (κ3) is 4.03. The van der Waals surface area contributed by atoms with Gasteiger partial charge in [-0.05, 0) is 18.6 Å². The van der Waals surface area contributed by atoms with E-state index in [0.29, 0.717) is 0 Å². The molecule has 1 rings (SSSR count). The van der Waals surface area contributed by atoms with E-state index >= 15 is 0 Å². The molecule has 0 spiro atoms. The monoisotopic (exact) mass is 287 g/mol. The molecule has 3 N–H and O–H groups in total. The van der Waals surface area contributed by atoms with Crippen LogP contribution in [0.4, 0.5) is 10.5 Å². The van der Waals surface area contributed by atoms with Gasteiger partial charge < -0.3 is 14.9 Å². The lowest BCUT2D eigenvalue weighted by molar-refractivity contribution is 0.0693. The number of hydrogen-bond donors (Lipinski definition) is 3. The second kappa shape index (κ2) is 6.84. The molecule has 0 radical (unpaired) electrons. The first-order valence-corrected chi connectivity index (χ1v) is 6.03. The number of rotatable bonds is 5. The molecule has 7 heteroatoms. The highest BCUT2D eigenvalue weighted by atomic mass is 35.5. The Kier molecular flexibility index (Phi) is 5.44. The summed E-state index contributed by atoms with van der Waals surface area (Å²) in [7, 11) is 0. The first kappa shape index (κ1) is 15.1. The minimum Gasteiger partial charge on any atom is -0.505 e. The first-order valence-electron chi connectivity index (χ1n) is 5.66. The fourth-order valence-electron chi connectivity index (χ4n) is 1.29. The number of unbranched alkanes of at least 4 members (excludes halogenated alkanes) is 1. The zero-order valence-electron chi connectivity index (χ0n) is 10.3. The van der Waals surface area contributed by atoms with Crippen LogP contribution < -0.4 is 5.32 Å². The van der Waals surface area contributed by atoms with Crippen molar-refractivity contribution in [3.63, 3.8) is 0 Å². The number of hydrogen-bond acceptors (Lipinski definition) is 4. The molecule has 104 valence electrons. The molecule has 0 aliphatic rings. The second-order valence-corrected chi connectivity index (χ2v) is 4.12. The van der Waals surface area contributed by atoms with Gasteiger partial charge in [0.15, 0.2) is 5.75 Å². The minimum absolute atomic E-state index is 0.0886. The van der Waals surface area contributed by atoms with Gasteiger partial charge in [0.05, 0.1) is 12.3 Å². The summed E-state index contributed by atoms with van der Waals surface area (Å²) in [6, 6.07) is 2.43. The summed E-state index contributed by atoms with van der Waals surface area (Å²) in [6.45, 7) is 2.24.